The lowest BCUT2D eigenvalue weighted by Gasteiger charge is -2.16. The molecule has 0 saturated carbocycles. The van der Waals surface area contributed by atoms with E-state index in [-0.39, 0.29) is 24.2 Å². The monoisotopic (exact) mass is 343 g/mol. The van der Waals surface area contributed by atoms with E-state index in [9.17, 15) is 9.59 Å². The quantitative estimate of drug-likeness (QED) is 0.906. The normalized spacial score (nSPS) is 17.1. The van der Waals surface area contributed by atoms with Gasteiger partial charge < -0.3 is 10.2 Å². The molecule has 3 rings (SSSR count). The van der Waals surface area contributed by atoms with Crippen LogP contribution in [0.3, 0.4) is 0 Å². The number of amides is 2. The van der Waals surface area contributed by atoms with Gasteiger partial charge >= 0.3 is 0 Å². The number of nitrogens with one attached hydrogen (secondary N) is 1. The molecule has 0 radical (unpaired) electrons. The van der Waals surface area contributed by atoms with Gasteiger partial charge in [0.15, 0.2) is 0 Å². The number of carbonyl (C=O) groups is 2. The van der Waals surface area contributed by atoms with E-state index in [1.165, 1.54) is 0 Å². The SMILES string of the molecule is O=C(NCc1cccnc1)C1CC(=O)N(Cc2ccc(Cl)cc2)C1. The molecule has 124 valence electrons. The van der Waals surface area contributed by atoms with Crippen LogP contribution in [-0.2, 0) is 22.7 Å². The van der Waals surface area contributed by atoms with Crippen LogP contribution in [0.4, 0.5) is 0 Å². The molecule has 1 aliphatic heterocycles. The number of aromatic nitrogens is 1. The van der Waals surface area contributed by atoms with Crippen LogP contribution in [0.15, 0.2) is 48.8 Å². The lowest BCUT2D eigenvalue weighted by molar-refractivity contribution is -0.129. The number of nitrogens with zero attached hydrogens (tertiary/aromatic N) is 2. The molecule has 0 bridgehead atoms. The van der Waals surface area contributed by atoms with E-state index >= 15 is 0 Å². The Kier molecular flexibility index (Phi) is 5.11. The molecule has 1 aromatic heterocycles. The Labute approximate surface area is 145 Å². The molecule has 6 heteroatoms. The van der Waals surface area contributed by atoms with E-state index in [0.717, 1.165) is 11.1 Å². The summed E-state index contributed by atoms with van der Waals surface area (Å²) in [7, 11) is 0. The van der Waals surface area contributed by atoms with Gasteiger partial charge in [-0.15, -0.1) is 0 Å². The van der Waals surface area contributed by atoms with Crippen molar-refractivity contribution in [2.75, 3.05) is 6.54 Å². The smallest absolute Gasteiger partial charge is 0.225 e. The number of hydrogen-bond acceptors (Lipinski definition) is 3. The Morgan fingerprint density at radius 3 is 2.75 bits per heavy atom. The van der Waals surface area contributed by atoms with E-state index in [4.69, 9.17) is 11.6 Å². The first-order chi connectivity index (χ1) is 11.6. The van der Waals surface area contributed by atoms with E-state index in [1.807, 2.05) is 24.3 Å². The van der Waals surface area contributed by atoms with Gasteiger partial charge in [-0.2, -0.15) is 0 Å². The van der Waals surface area contributed by atoms with E-state index in [1.54, 1.807) is 29.4 Å². The average Bonchev–Trinajstić information content (AvgIpc) is 2.96. The third-order valence-corrected chi connectivity index (χ3v) is 4.31. The van der Waals surface area contributed by atoms with Crippen LogP contribution in [0.2, 0.25) is 5.02 Å². The fourth-order valence-electron chi connectivity index (χ4n) is 2.75. The minimum Gasteiger partial charge on any atom is -0.352 e. The molecule has 2 heterocycles. The van der Waals surface area contributed by atoms with Crippen molar-refractivity contribution in [1.29, 1.82) is 0 Å². The summed E-state index contributed by atoms with van der Waals surface area (Å²) in [6.07, 6.45) is 3.66. The maximum absolute atomic E-state index is 12.3. The van der Waals surface area contributed by atoms with E-state index < -0.39 is 0 Å². The van der Waals surface area contributed by atoms with Gasteiger partial charge in [0.1, 0.15) is 0 Å². The van der Waals surface area contributed by atoms with Gasteiger partial charge in [-0.05, 0) is 29.3 Å². The molecule has 5 nitrogen and oxygen atoms in total. The number of pyridine rings is 1. The van der Waals surface area contributed by atoms with Gasteiger partial charge in [0, 0.05) is 43.5 Å². The second-order valence-electron chi connectivity index (χ2n) is 5.88. The molecule has 1 unspecified atom stereocenters. The third-order valence-electron chi connectivity index (χ3n) is 4.06. The number of hydrogen-bond donors (Lipinski definition) is 1. The van der Waals surface area contributed by atoms with Crippen molar-refractivity contribution < 1.29 is 9.59 Å². The van der Waals surface area contributed by atoms with Crippen molar-refractivity contribution in [1.82, 2.24) is 15.2 Å². The largest absolute Gasteiger partial charge is 0.352 e. The van der Waals surface area contributed by atoms with Crippen LogP contribution in [0, 0.1) is 5.92 Å². The first kappa shape index (κ1) is 16.5. The van der Waals surface area contributed by atoms with Crippen LogP contribution >= 0.6 is 11.6 Å². The molecular formula is C18H18ClN3O2. The predicted octanol–water partition coefficient (Wildman–Crippen LogP) is 2.40. The standard InChI is InChI=1S/C18H18ClN3O2/c19-16-5-3-13(4-6-16)11-22-12-15(8-17(22)23)18(24)21-10-14-2-1-7-20-9-14/h1-7,9,15H,8,10-12H2,(H,21,24). The topological polar surface area (TPSA) is 62.3 Å². The second kappa shape index (κ2) is 7.45. The van der Waals surface area contributed by atoms with Gasteiger partial charge in [-0.25, -0.2) is 0 Å². The lowest BCUT2D eigenvalue weighted by atomic mass is 10.1. The van der Waals surface area contributed by atoms with Gasteiger partial charge in [0.05, 0.1) is 5.92 Å². The maximum Gasteiger partial charge on any atom is 0.225 e. The van der Waals surface area contributed by atoms with E-state index in [0.29, 0.717) is 24.7 Å². The molecular weight excluding hydrogens is 326 g/mol. The van der Waals surface area contributed by atoms with Crippen LogP contribution in [-0.4, -0.2) is 28.2 Å². The number of likely N-dealkylation sites (tertiary alicyclic amines) is 1. The lowest BCUT2D eigenvalue weighted by Crippen LogP contribution is -2.32. The number of rotatable bonds is 5. The zero-order valence-corrected chi connectivity index (χ0v) is 13.9. The fraction of sp³-hybridized carbons (Fsp3) is 0.278. The maximum atomic E-state index is 12.3. The molecule has 1 fully saturated rings. The van der Waals surface area contributed by atoms with Crippen molar-refractivity contribution in [3.05, 3.63) is 64.9 Å². The zero-order valence-electron chi connectivity index (χ0n) is 13.1. The Bertz CT molecular complexity index is 719. The zero-order chi connectivity index (χ0) is 16.9. The van der Waals surface area contributed by atoms with Crippen LogP contribution < -0.4 is 5.32 Å². The van der Waals surface area contributed by atoms with Crippen LogP contribution in [0.25, 0.3) is 0 Å². The first-order valence-electron chi connectivity index (χ1n) is 7.80. The molecule has 1 N–H and O–H groups in total. The first-order valence-corrected chi connectivity index (χ1v) is 8.18. The summed E-state index contributed by atoms with van der Waals surface area (Å²) in [6, 6.07) is 11.1. The molecule has 1 aromatic carbocycles. The van der Waals surface area contributed by atoms with Gasteiger partial charge in [-0.3, -0.25) is 14.6 Å². The highest BCUT2D eigenvalue weighted by Crippen LogP contribution is 2.21. The second-order valence-corrected chi connectivity index (χ2v) is 6.32. The summed E-state index contributed by atoms with van der Waals surface area (Å²) >= 11 is 5.87. The van der Waals surface area contributed by atoms with Crippen molar-refractivity contribution >= 4 is 23.4 Å². The Morgan fingerprint density at radius 2 is 2.04 bits per heavy atom. The molecule has 1 aliphatic rings. The predicted molar refractivity (Wildman–Crippen MR) is 91.1 cm³/mol. The molecule has 0 spiro atoms. The number of halogens is 1. The van der Waals surface area contributed by atoms with Crippen LogP contribution in [0.5, 0.6) is 0 Å². The summed E-state index contributed by atoms with van der Waals surface area (Å²) in [5, 5.41) is 3.54. The summed E-state index contributed by atoms with van der Waals surface area (Å²) in [5.74, 6) is -0.390. The van der Waals surface area contributed by atoms with Crippen molar-refractivity contribution in [2.45, 2.75) is 19.5 Å². The van der Waals surface area contributed by atoms with Gasteiger partial charge in [0.25, 0.3) is 0 Å². The number of benzene rings is 1. The minimum atomic E-state index is -0.304. The summed E-state index contributed by atoms with van der Waals surface area (Å²) < 4.78 is 0. The highest BCUT2D eigenvalue weighted by atomic mass is 35.5. The summed E-state index contributed by atoms with van der Waals surface area (Å²) in [4.78, 5) is 30.2. The molecule has 1 saturated heterocycles. The van der Waals surface area contributed by atoms with Crippen LogP contribution in [0.1, 0.15) is 17.5 Å². The summed E-state index contributed by atoms with van der Waals surface area (Å²) in [6.45, 7) is 1.37. The third kappa shape index (κ3) is 4.11. The molecule has 2 amide bonds. The van der Waals surface area contributed by atoms with Crippen molar-refractivity contribution in [3.8, 4) is 0 Å². The summed E-state index contributed by atoms with van der Waals surface area (Å²) in [5.41, 5.74) is 1.94. The van der Waals surface area contributed by atoms with Gasteiger partial charge in [0.2, 0.25) is 11.8 Å². The fourth-order valence-corrected chi connectivity index (χ4v) is 2.87. The highest BCUT2D eigenvalue weighted by Gasteiger charge is 2.34. The Balaban J connectivity index is 1.53. The molecule has 24 heavy (non-hydrogen) atoms. The number of carbonyl (C=O) groups excluding carboxylic acids is 2. The Morgan fingerprint density at radius 1 is 1.25 bits per heavy atom. The van der Waals surface area contributed by atoms with Gasteiger partial charge in [-0.1, -0.05) is 29.8 Å². The molecule has 1 atom stereocenters. The highest BCUT2D eigenvalue weighted by molar-refractivity contribution is 6.30. The van der Waals surface area contributed by atoms with Crippen molar-refractivity contribution in [3.63, 3.8) is 0 Å². The van der Waals surface area contributed by atoms with E-state index in [2.05, 4.69) is 10.3 Å². The molecule has 0 aliphatic carbocycles. The average molecular weight is 344 g/mol. The van der Waals surface area contributed by atoms with Crippen molar-refractivity contribution in [2.24, 2.45) is 5.92 Å². The Hall–Kier alpha value is -2.40. The minimum absolute atomic E-state index is 0.00600. The molecule has 2 aromatic rings.